The summed E-state index contributed by atoms with van der Waals surface area (Å²) in [6, 6.07) is 15.8. The van der Waals surface area contributed by atoms with E-state index in [9.17, 15) is 9.18 Å². The smallest absolute Gasteiger partial charge is 0.275 e. The molecule has 6 nitrogen and oxygen atoms in total. The van der Waals surface area contributed by atoms with Gasteiger partial charge in [0.25, 0.3) is 5.91 Å². The van der Waals surface area contributed by atoms with E-state index in [0.717, 1.165) is 15.6 Å². The van der Waals surface area contributed by atoms with Gasteiger partial charge in [-0.05, 0) is 48.0 Å². The number of thiophene rings is 1. The van der Waals surface area contributed by atoms with Crippen molar-refractivity contribution in [3.63, 3.8) is 0 Å². The molecule has 0 bridgehead atoms. The van der Waals surface area contributed by atoms with Crippen LogP contribution in [0.5, 0.6) is 0 Å². The van der Waals surface area contributed by atoms with Crippen LogP contribution in [-0.4, -0.2) is 40.5 Å². The number of rotatable bonds is 4. The second-order valence-corrected chi connectivity index (χ2v) is 8.18. The summed E-state index contributed by atoms with van der Waals surface area (Å²) >= 11 is 1.30. The number of benzene rings is 2. The molecule has 0 fully saturated rings. The number of carbonyl (C=O) groups is 1. The third-order valence-corrected chi connectivity index (χ3v) is 5.64. The molecule has 0 saturated carbocycles. The lowest BCUT2D eigenvalue weighted by Crippen LogP contribution is -2.20. The molecule has 0 unspecified atom stereocenters. The van der Waals surface area contributed by atoms with Gasteiger partial charge in [0, 0.05) is 14.1 Å². The van der Waals surface area contributed by atoms with E-state index in [0.29, 0.717) is 16.5 Å². The zero-order chi connectivity index (χ0) is 21.4. The SMILES string of the molecule is Cc1cc(C(=O)Nc2ccc(C(=N)N(C)C)s2)n(-c2cc3ccccc3cc2F)n1. The van der Waals surface area contributed by atoms with Crippen molar-refractivity contribution >= 4 is 38.9 Å². The van der Waals surface area contributed by atoms with Crippen LogP contribution in [0.1, 0.15) is 21.1 Å². The molecule has 2 aromatic heterocycles. The predicted molar refractivity (Wildman–Crippen MR) is 119 cm³/mol. The lowest BCUT2D eigenvalue weighted by atomic mass is 10.1. The monoisotopic (exact) mass is 421 g/mol. The summed E-state index contributed by atoms with van der Waals surface area (Å²) in [7, 11) is 3.58. The van der Waals surface area contributed by atoms with E-state index in [1.165, 1.54) is 22.1 Å². The van der Waals surface area contributed by atoms with Gasteiger partial charge in [0.05, 0.1) is 15.6 Å². The average molecular weight is 422 g/mol. The number of amides is 1. The van der Waals surface area contributed by atoms with Gasteiger partial charge in [-0.3, -0.25) is 10.2 Å². The summed E-state index contributed by atoms with van der Waals surface area (Å²) in [6.45, 7) is 1.76. The number of amidine groups is 1. The summed E-state index contributed by atoms with van der Waals surface area (Å²) < 4.78 is 16.2. The Hall–Kier alpha value is -3.52. The maximum atomic E-state index is 14.8. The number of nitrogens with one attached hydrogen (secondary N) is 2. The van der Waals surface area contributed by atoms with Gasteiger partial charge in [0.1, 0.15) is 23.0 Å². The lowest BCUT2D eigenvalue weighted by Gasteiger charge is -2.11. The molecule has 0 aliphatic heterocycles. The van der Waals surface area contributed by atoms with Crippen LogP contribution < -0.4 is 5.32 Å². The fourth-order valence-corrected chi connectivity index (χ4v) is 4.07. The van der Waals surface area contributed by atoms with Gasteiger partial charge in [-0.2, -0.15) is 5.10 Å². The fraction of sp³-hybridized carbons (Fsp3) is 0.136. The van der Waals surface area contributed by atoms with Crippen LogP contribution in [0.15, 0.2) is 54.6 Å². The van der Waals surface area contributed by atoms with Crippen molar-refractivity contribution in [2.75, 3.05) is 19.4 Å². The van der Waals surface area contributed by atoms with Crippen LogP contribution >= 0.6 is 11.3 Å². The first-order valence-electron chi connectivity index (χ1n) is 9.26. The Balaban J connectivity index is 1.68. The van der Waals surface area contributed by atoms with Gasteiger partial charge in [0.15, 0.2) is 0 Å². The maximum Gasteiger partial charge on any atom is 0.275 e. The largest absolute Gasteiger partial charge is 0.362 e. The molecular weight excluding hydrogens is 401 g/mol. The number of hydrogen-bond donors (Lipinski definition) is 2. The topological polar surface area (TPSA) is 74.0 Å². The molecule has 0 atom stereocenters. The van der Waals surface area contributed by atoms with Crippen molar-refractivity contribution in [2.45, 2.75) is 6.92 Å². The maximum absolute atomic E-state index is 14.8. The van der Waals surface area contributed by atoms with Crippen LogP contribution in [0.2, 0.25) is 0 Å². The molecule has 0 spiro atoms. The summed E-state index contributed by atoms with van der Waals surface area (Å²) in [5, 5.41) is 17.5. The third-order valence-electron chi connectivity index (χ3n) is 4.63. The highest BCUT2D eigenvalue weighted by atomic mass is 32.1. The van der Waals surface area contributed by atoms with E-state index in [2.05, 4.69) is 10.4 Å². The number of halogens is 1. The normalized spacial score (nSPS) is 10.9. The highest BCUT2D eigenvalue weighted by Crippen LogP contribution is 2.26. The molecule has 2 N–H and O–H groups in total. The first kappa shape index (κ1) is 19.8. The molecule has 2 aromatic carbocycles. The van der Waals surface area contributed by atoms with Crippen LogP contribution in [0.4, 0.5) is 9.39 Å². The quantitative estimate of drug-likeness (QED) is 0.371. The molecule has 4 rings (SSSR count). The molecule has 1 amide bonds. The predicted octanol–water partition coefficient (Wildman–Crippen LogP) is 4.67. The zero-order valence-corrected chi connectivity index (χ0v) is 17.5. The van der Waals surface area contributed by atoms with E-state index in [4.69, 9.17) is 5.41 Å². The van der Waals surface area contributed by atoms with Crippen molar-refractivity contribution in [1.29, 1.82) is 5.41 Å². The number of aromatic nitrogens is 2. The van der Waals surface area contributed by atoms with Crippen LogP contribution in [0.25, 0.3) is 16.5 Å². The Morgan fingerprint density at radius 1 is 1.13 bits per heavy atom. The number of anilines is 1. The number of fused-ring (bicyclic) bond motifs is 1. The number of nitrogens with zero attached hydrogens (tertiary/aromatic N) is 3. The molecule has 30 heavy (non-hydrogen) atoms. The van der Waals surface area contributed by atoms with Crippen LogP contribution in [0.3, 0.4) is 0 Å². The standard InChI is InChI=1S/C22H20FN5OS/c1-13-10-18(22(29)25-20-9-8-19(30-20)21(24)27(2)3)28(26-13)17-12-15-7-5-4-6-14(15)11-16(17)23/h4-12,24H,1-3H3,(H,25,29). The molecular formula is C22H20FN5OS. The number of hydrogen-bond acceptors (Lipinski definition) is 4. The van der Waals surface area contributed by atoms with Gasteiger partial charge in [-0.1, -0.05) is 24.3 Å². The Labute approximate surface area is 177 Å². The molecule has 0 aliphatic carbocycles. The van der Waals surface area contributed by atoms with Crippen molar-refractivity contribution in [1.82, 2.24) is 14.7 Å². The van der Waals surface area contributed by atoms with Crippen molar-refractivity contribution in [3.05, 3.63) is 76.7 Å². The summed E-state index contributed by atoms with van der Waals surface area (Å²) in [5.41, 5.74) is 1.06. The van der Waals surface area contributed by atoms with E-state index in [1.54, 1.807) is 50.2 Å². The Morgan fingerprint density at radius 2 is 1.83 bits per heavy atom. The summed E-state index contributed by atoms with van der Waals surface area (Å²) in [6.07, 6.45) is 0. The number of carbonyl (C=O) groups excluding carboxylic acids is 1. The molecule has 4 aromatic rings. The molecule has 0 saturated heterocycles. The minimum absolute atomic E-state index is 0.216. The Kier molecular flexibility index (Phi) is 5.09. The Morgan fingerprint density at radius 3 is 2.53 bits per heavy atom. The third kappa shape index (κ3) is 3.69. The zero-order valence-electron chi connectivity index (χ0n) is 16.7. The minimum atomic E-state index is -0.455. The average Bonchev–Trinajstić information content (AvgIpc) is 3.33. The highest BCUT2D eigenvalue weighted by molar-refractivity contribution is 7.18. The van der Waals surface area contributed by atoms with Gasteiger partial charge < -0.3 is 10.2 Å². The van der Waals surface area contributed by atoms with Gasteiger partial charge in [0.2, 0.25) is 0 Å². The van der Waals surface area contributed by atoms with Gasteiger partial charge in [-0.25, -0.2) is 9.07 Å². The molecule has 2 heterocycles. The van der Waals surface area contributed by atoms with Gasteiger partial charge >= 0.3 is 0 Å². The summed E-state index contributed by atoms with van der Waals surface area (Å²) in [5.74, 6) is -0.490. The first-order chi connectivity index (χ1) is 14.3. The minimum Gasteiger partial charge on any atom is -0.362 e. The Bertz CT molecular complexity index is 1270. The van der Waals surface area contributed by atoms with E-state index < -0.39 is 11.7 Å². The van der Waals surface area contributed by atoms with Gasteiger partial charge in [-0.15, -0.1) is 11.3 Å². The second-order valence-electron chi connectivity index (χ2n) is 7.09. The van der Waals surface area contributed by atoms with E-state index in [-0.39, 0.29) is 11.4 Å². The molecule has 8 heteroatoms. The molecule has 0 radical (unpaired) electrons. The van der Waals surface area contributed by atoms with E-state index in [1.807, 2.05) is 24.3 Å². The lowest BCUT2D eigenvalue weighted by molar-refractivity contribution is 0.102. The number of aryl methyl sites for hydroxylation is 1. The van der Waals surface area contributed by atoms with Crippen LogP contribution in [-0.2, 0) is 0 Å². The van der Waals surface area contributed by atoms with Crippen LogP contribution in [0, 0.1) is 18.2 Å². The summed E-state index contributed by atoms with van der Waals surface area (Å²) in [4.78, 5) is 15.4. The first-order valence-corrected chi connectivity index (χ1v) is 10.1. The second kappa shape index (κ2) is 7.72. The van der Waals surface area contributed by atoms with Crippen molar-refractivity contribution < 1.29 is 9.18 Å². The van der Waals surface area contributed by atoms with Crippen molar-refractivity contribution in [2.24, 2.45) is 0 Å². The van der Waals surface area contributed by atoms with Crippen molar-refractivity contribution in [3.8, 4) is 5.69 Å². The molecule has 0 aliphatic rings. The van der Waals surface area contributed by atoms with E-state index >= 15 is 0 Å². The molecule has 152 valence electrons. The highest BCUT2D eigenvalue weighted by Gasteiger charge is 2.19. The fourth-order valence-electron chi connectivity index (χ4n) is 3.14.